The van der Waals surface area contributed by atoms with Crippen LogP contribution in [0, 0.1) is 6.92 Å². The van der Waals surface area contributed by atoms with Gasteiger partial charge in [0.15, 0.2) is 10.8 Å². The van der Waals surface area contributed by atoms with Gasteiger partial charge in [0.25, 0.3) is 0 Å². The lowest BCUT2D eigenvalue weighted by Crippen LogP contribution is -2.16. The standard InChI is InChI=1S/C18H14ClN5O2S/c1-11-2-5-16(26-11)18-22-13(8-27-18)7-17(25)23-14-6-12(19)3-4-15(14)24-10-20-9-21-24/h2-6,8-10H,7H2,1H3,(H,23,25). The molecule has 0 bridgehead atoms. The second-order valence-electron chi connectivity index (χ2n) is 5.78. The number of carbonyl (C=O) groups is 1. The number of benzene rings is 1. The van der Waals surface area contributed by atoms with Crippen LogP contribution in [0.25, 0.3) is 16.5 Å². The van der Waals surface area contributed by atoms with Gasteiger partial charge in [-0.1, -0.05) is 11.6 Å². The van der Waals surface area contributed by atoms with Gasteiger partial charge in [-0.25, -0.2) is 14.6 Å². The number of amides is 1. The predicted octanol–water partition coefficient (Wildman–Crippen LogP) is 4.13. The molecule has 0 aliphatic rings. The summed E-state index contributed by atoms with van der Waals surface area (Å²) in [5.41, 5.74) is 1.90. The van der Waals surface area contributed by atoms with Crippen molar-refractivity contribution < 1.29 is 9.21 Å². The number of halogens is 1. The normalized spacial score (nSPS) is 10.9. The molecule has 0 aliphatic carbocycles. The Hall–Kier alpha value is -2.97. The smallest absolute Gasteiger partial charge is 0.230 e. The summed E-state index contributed by atoms with van der Waals surface area (Å²) in [6.07, 6.45) is 3.11. The summed E-state index contributed by atoms with van der Waals surface area (Å²) < 4.78 is 7.13. The third kappa shape index (κ3) is 3.91. The van der Waals surface area contributed by atoms with E-state index in [1.165, 1.54) is 17.7 Å². The molecular weight excluding hydrogens is 386 g/mol. The summed E-state index contributed by atoms with van der Waals surface area (Å²) in [6, 6.07) is 8.93. The molecule has 4 aromatic rings. The van der Waals surface area contributed by atoms with Crippen LogP contribution < -0.4 is 5.32 Å². The topological polar surface area (TPSA) is 85.8 Å². The van der Waals surface area contributed by atoms with Gasteiger partial charge in [0.2, 0.25) is 5.91 Å². The monoisotopic (exact) mass is 399 g/mol. The van der Waals surface area contributed by atoms with Gasteiger partial charge in [-0.3, -0.25) is 4.79 Å². The van der Waals surface area contributed by atoms with Crippen LogP contribution in [0.3, 0.4) is 0 Å². The lowest BCUT2D eigenvalue weighted by atomic mass is 10.2. The minimum absolute atomic E-state index is 0.138. The van der Waals surface area contributed by atoms with E-state index in [2.05, 4.69) is 20.4 Å². The number of hydrogen-bond donors (Lipinski definition) is 1. The molecule has 7 nitrogen and oxygen atoms in total. The molecule has 0 spiro atoms. The van der Waals surface area contributed by atoms with Crippen molar-refractivity contribution in [2.75, 3.05) is 5.32 Å². The van der Waals surface area contributed by atoms with Gasteiger partial charge in [0.05, 0.1) is 23.5 Å². The van der Waals surface area contributed by atoms with Gasteiger partial charge < -0.3 is 9.73 Å². The highest BCUT2D eigenvalue weighted by atomic mass is 35.5. The zero-order valence-corrected chi connectivity index (χ0v) is 15.8. The molecule has 27 heavy (non-hydrogen) atoms. The quantitative estimate of drug-likeness (QED) is 0.545. The molecule has 136 valence electrons. The molecule has 9 heteroatoms. The minimum Gasteiger partial charge on any atom is -0.459 e. The van der Waals surface area contributed by atoms with Crippen molar-refractivity contribution in [1.82, 2.24) is 19.7 Å². The Bertz CT molecular complexity index is 1090. The third-order valence-corrected chi connectivity index (χ3v) is 4.88. The Morgan fingerprint density at radius 3 is 2.96 bits per heavy atom. The average Bonchev–Trinajstić information content (AvgIpc) is 3.36. The summed E-state index contributed by atoms with van der Waals surface area (Å²) in [5.74, 6) is 1.32. The summed E-state index contributed by atoms with van der Waals surface area (Å²) in [4.78, 5) is 20.9. The van der Waals surface area contributed by atoms with Crippen LogP contribution >= 0.6 is 22.9 Å². The largest absolute Gasteiger partial charge is 0.459 e. The number of carbonyl (C=O) groups excluding carboxylic acids is 1. The number of anilines is 1. The number of nitrogens with zero attached hydrogens (tertiary/aromatic N) is 4. The molecule has 1 aromatic carbocycles. The molecule has 0 saturated heterocycles. The maximum Gasteiger partial charge on any atom is 0.230 e. The second kappa shape index (κ2) is 7.34. The Balaban J connectivity index is 1.50. The second-order valence-corrected chi connectivity index (χ2v) is 7.08. The zero-order valence-electron chi connectivity index (χ0n) is 14.2. The molecule has 1 N–H and O–H groups in total. The highest BCUT2D eigenvalue weighted by molar-refractivity contribution is 7.13. The number of aryl methyl sites for hydroxylation is 1. The lowest BCUT2D eigenvalue weighted by molar-refractivity contribution is -0.115. The highest BCUT2D eigenvalue weighted by Gasteiger charge is 2.14. The van der Waals surface area contributed by atoms with Crippen LogP contribution in [0.5, 0.6) is 0 Å². The van der Waals surface area contributed by atoms with E-state index in [4.69, 9.17) is 16.0 Å². The van der Waals surface area contributed by atoms with E-state index in [0.29, 0.717) is 27.9 Å². The van der Waals surface area contributed by atoms with Crippen molar-refractivity contribution in [3.63, 3.8) is 0 Å². The van der Waals surface area contributed by atoms with Crippen LogP contribution in [0.2, 0.25) is 5.02 Å². The fourth-order valence-electron chi connectivity index (χ4n) is 2.55. The van der Waals surface area contributed by atoms with Gasteiger partial charge >= 0.3 is 0 Å². The van der Waals surface area contributed by atoms with Crippen LogP contribution in [0.1, 0.15) is 11.5 Å². The fraction of sp³-hybridized carbons (Fsp3) is 0.111. The number of aromatic nitrogens is 4. The van der Waals surface area contributed by atoms with Crippen LogP contribution in [-0.2, 0) is 11.2 Å². The Morgan fingerprint density at radius 1 is 1.33 bits per heavy atom. The first-order valence-electron chi connectivity index (χ1n) is 8.04. The van der Waals surface area contributed by atoms with E-state index in [1.807, 2.05) is 24.4 Å². The number of nitrogens with one attached hydrogen (secondary N) is 1. The van der Waals surface area contributed by atoms with Crippen LogP contribution in [0.4, 0.5) is 5.69 Å². The van der Waals surface area contributed by atoms with E-state index in [9.17, 15) is 4.79 Å². The fourth-order valence-corrected chi connectivity index (χ4v) is 3.50. The van der Waals surface area contributed by atoms with Crippen molar-refractivity contribution >= 4 is 34.5 Å². The SMILES string of the molecule is Cc1ccc(-c2nc(CC(=O)Nc3cc(Cl)ccc3-n3cncn3)cs2)o1. The molecule has 0 atom stereocenters. The number of thiazole rings is 1. The molecule has 0 aliphatic heterocycles. The molecule has 1 amide bonds. The number of hydrogen-bond acceptors (Lipinski definition) is 6. The first-order chi connectivity index (χ1) is 13.1. The molecule has 0 radical (unpaired) electrons. The summed E-state index contributed by atoms with van der Waals surface area (Å²) in [5, 5.41) is 10.1. The molecule has 3 aromatic heterocycles. The van der Waals surface area contributed by atoms with E-state index < -0.39 is 0 Å². The Kier molecular flexibility index (Phi) is 4.74. The highest BCUT2D eigenvalue weighted by Crippen LogP contribution is 2.27. The average molecular weight is 400 g/mol. The zero-order chi connectivity index (χ0) is 18.8. The maximum absolute atomic E-state index is 12.5. The van der Waals surface area contributed by atoms with Gasteiger partial charge in [-0.15, -0.1) is 11.3 Å². The van der Waals surface area contributed by atoms with Gasteiger partial charge in [0.1, 0.15) is 18.4 Å². The number of rotatable bonds is 5. The number of furan rings is 1. The van der Waals surface area contributed by atoms with Crippen molar-refractivity contribution in [1.29, 1.82) is 0 Å². The van der Waals surface area contributed by atoms with Crippen molar-refractivity contribution in [3.05, 3.63) is 64.8 Å². The first kappa shape index (κ1) is 17.4. The minimum atomic E-state index is -0.203. The molecule has 3 heterocycles. The van der Waals surface area contributed by atoms with E-state index >= 15 is 0 Å². The van der Waals surface area contributed by atoms with Crippen LogP contribution in [-0.4, -0.2) is 25.7 Å². The third-order valence-electron chi connectivity index (χ3n) is 3.74. The first-order valence-corrected chi connectivity index (χ1v) is 9.30. The maximum atomic E-state index is 12.5. The van der Waals surface area contributed by atoms with Crippen LogP contribution in [0.15, 0.2) is 52.8 Å². The van der Waals surface area contributed by atoms with Gasteiger partial charge in [0, 0.05) is 10.4 Å². The van der Waals surface area contributed by atoms with E-state index in [-0.39, 0.29) is 12.3 Å². The van der Waals surface area contributed by atoms with E-state index in [0.717, 1.165) is 10.8 Å². The summed E-state index contributed by atoms with van der Waals surface area (Å²) in [7, 11) is 0. The van der Waals surface area contributed by atoms with E-state index in [1.54, 1.807) is 29.2 Å². The molecule has 0 fully saturated rings. The predicted molar refractivity (Wildman–Crippen MR) is 103 cm³/mol. The molecule has 0 saturated carbocycles. The Labute approximate surface area is 163 Å². The summed E-state index contributed by atoms with van der Waals surface area (Å²) >= 11 is 7.52. The van der Waals surface area contributed by atoms with Gasteiger partial charge in [-0.2, -0.15) is 5.10 Å². The summed E-state index contributed by atoms with van der Waals surface area (Å²) in [6.45, 7) is 1.88. The van der Waals surface area contributed by atoms with Crippen molar-refractivity contribution in [2.45, 2.75) is 13.3 Å². The lowest BCUT2D eigenvalue weighted by Gasteiger charge is -2.11. The van der Waals surface area contributed by atoms with Crippen molar-refractivity contribution in [3.8, 4) is 16.5 Å². The van der Waals surface area contributed by atoms with Gasteiger partial charge in [-0.05, 0) is 37.3 Å². The molecule has 4 rings (SSSR count). The molecular formula is C18H14ClN5O2S. The molecule has 0 unspecified atom stereocenters. The Morgan fingerprint density at radius 2 is 2.22 bits per heavy atom. The van der Waals surface area contributed by atoms with Crippen molar-refractivity contribution in [2.24, 2.45) is 0 Å².